The van der Waals surface area contributed by atoms with Crippen molar-refractivity contribution in [2.45, 2.75) is 12.5 Å². The van der Waals surface area contributed by atoms with Crippen molar-refractivity contribution in [3.8, 4) is 5.75 Å². The van der Waals surface area contributed by atoms with Crippen molar-refractivity contribution >= 4 is 5.91 Å². The number of rotatable bonds is 4. The summed E-state index contributed by atoms with van der Waals surface area (Å²) in [7, 11) is 1.54. The van der Waals surface area contributed by atoms with Crippen molar-refractivity contribution in [2.75, 3.05) is 13.7 Å². The third kappa shape index (κ3) is 2.87. The Labute approximate surface area is 105 Å². The standard InChI is InChI=1S/C13H16N2O3/c1-18-11-4-5-14-12(7-11)13(17)15-10-3-2-9(6-10)8-16/h2-5,7,9-10,16H,6,8H2,1H3,(H,15,17)/t9-,10+/m0/s1. The van der Waals surface area contributed by atoms with Crippen LogP contribution in [0.15, 0.2) is 30.5 Å². The SMILES string of the molecule is COc1ccnc(C(=O)N[C@@H]2C=C[C@H](CO)C2)c1. The lowest BCUT2D eigenvalue weighted by atomic mass is 10.1. The molecule has 0 fully saturated rings. The molecule has 5 heteroatoms. The van der Waals surface area contributed by atoms with Gasteiger partial charge in [0.1, 0.15) is 11.4 Å². The molecule has 0 spiro atoms. The number of ether oxygens (including phenoxy) is 1. The van der Waals surface area contributed by atoms with E-state index in [4.69, 9.17) is 9.84 Å². The Balaban J connectivity index is 1.98. The number of aliphatic hydroxyl groups excluding tert-OH is 1. The number of carbonyl (C=O) groups is 1. The first kappa shape index (κ1) is 12.6. The number of nitrogens with one attached hydrogen (secondary N) is 1. The third-order valence-electron chi connectivity index (χ3n) is 2.92. The highest BCUT2D eigenvalue weighted by Gasteiger charge is 2.20. The second-order valence-corrected chi connectivity index (χ2v) is 4.22. The van der Waals surface area contributed by atoms with Crippen LogP contribution in [0.3, 0.4) is 0 Å². The lowest BCUT2D eigenvalue weighted by Crippen LogP contribution is -2.33. The molecule has 1 heterocycles. The van der Waals surface area contributed by atoms with E-state index in [1.165, 1.54) is 6.20 Å². The predicted octanol–water partition coefficient (Wildman–Crippen LogP) is 0.757. The largest absolute Gasteiger partial charge is 0.497 e. The van der Waals surface area contributed by atoms with Crippen LogP contribution >= 0.6 is 0 Å². The second kappa shape index (κ2) is 5.64. The summed E-state index contributed by atoms with van der Waals surface area (Å²) in [5, 5.41) is 11.9. The lowest BCUT2D eigenvalue weighted by molar-refractivity contribution is 0.0935. The molecule has 2 atom stereocenters. The van der Waals surface area contributed by atoms with Crippen molar-refractivity contribution in [1.29, 1.82) is 0 Å². The first-order chi connectivity index (χ1) is 8.72. The van der Waals surface area contributed by atoms with Crippen LogP contribution < -0.4 is 10.1 Å². The van der Waals surface area contributed by atoms with Crippen molar-refractivity contribution in [3.63, 3.8) is 0 Å². The van der Waals surface area contributed by atoms with Gasteiger partial charge in [0.05, 0.1) is 7.11 Å². The average molecular weight is 248 g/mol. The Morgan fingerprint density at radius 1 is 1.61 bits per heavy atom. The Hall–Kier alpha value is -1.88. The maximum absolute atomic E-state index is 11.9. The highest BCUT2D eigenvalue weighted by Crippen LogP contribution is 2.17. The van der Waals surface area contributed by atoms with Crippen molar-refractivity contribution in [1.82, 2.24) is 10.3 Å². The zero-order valence-electron chi connectivity index (χ0n) is 10.2. The summed E-state index contributed by atoms with van der Waals surface area (Å²) >= 11 is 0. The average Bonchev–Trinajstić information content (AvgIpc) is 2.86. The van der Waals surface area contributed by atoms with Crippen molar-refractivity contribution in [3.05, 3.63) is 36.2 Å². The summed E-state index contributed by atoms with van der Waals surface area (Å²) < 4.78 is 5.04. The second-order valence-electron chi connectivity index (χ2n) is 4.22. The molecule has 18 heavy (non-hydrogen) atoms. The van der Waals surface area contributed by atoms with Crippen LogP contribution in [0.1, 0.15) is 16.9 Å². The number of hydrogen-bond donors (Lipinski definition) is 2. The van der Waals surface area contributed by atoms with Crippen LogP contribution in [0.5, 0.6) is 5.75 Å². The minimum Gasteiger partial charge on any atom is -0.497 e. The maximum atomic E-state index is 11.9. The van der Waals surface area contributed by atoms with E-state index in [0.717, 1.165) is 6.42 Å². The summed E-state index contributed by atoms with van der Waals surface area (Å²) in [5.41, 5.74) is 0.329. The molecule has 1 aromatic rings. The molecule has 1 amide bonds. The molecule has 2 N–H and O–H groups in total. The van der Waals surface area contributed by atoms with Crippen molar-refractivity contribution in [2.24, 2.45) is 5.92 Å². The molecule has 1 aliphatic carbocycles. The normalized spacial score (nSPS) is 21.9. The van der Waals surface area contributed by atoms with Crippen LogP contribution in [0.2, 0.25) is 0 Å². The molecule has 0 radical (unpaired) electrons. The molecule has 1 aromatic heterocycles. The fraction of sp³-hybridized carbons (Fsp3) is 0.385. The van der Waals surface area contributed by atoms with Crippen LogP contribution in [0.4, 0.5) is 0 Å². The monoisotopic (exact) mass is 248 g/mol. The third-order valence-corrected chi connectivity index (χ3v) is 2.92. The van der Waals surface area contributed by atoms with E-state index in [0.29, 0.717) is 11.4 Å². The van der Waals surface area contributed by atoms with Gasteiger partial charge in [0.2, 0.25) is 0 Å². The zero-order chi connectivity index (χ0) is 13.0. The number of methoxy groups -OCH3 is 1. The van der Waals surface area contributed by atoms with E-state index < -0.39 is 0 Å². The van der Waals surface area contributed by atoms with E-state index in [9.17, 15) is 4.79 Å². The number of amides is 1. The van der Waals surface area contributed by atoms with Crippen LogP contribution in [0.25, 0.3) is 0 Å². The fourth-order valence-corrected chi connectivity index (χ4v) is 1.92. The molecule has 0 saturated carbocycles. The highest BCUT2D eigenvalue weighted by atomic mass is 16.5. The molecule has 2 rings (SSSR count). The van der Waals surface area contributed by atoms with E-state index in [2.05, 4.69) is 10.3 Å². The van der Waals surface area contributed by atoms with Gasteiger partial charge in [-0.2, -0.15) is 0 Å². The molecule has 0 unspecified atom stereocenters. The molecular formula is C13H16N2O3. The van der Waals surface area contributed by atoms with E-state index >= 15 is 0 Å². The maximum Gasteiger partial charge on any atom is 0.270 e. The highest BCUT2D eigenvalue weighted by molar-refractivity contribution is 5.92. The van der Waals surface area contributed by atoms with E-state index in [1.807, 2.05) is 12.2 Å². The van der Waals surface area contributed by atoms with E-state index in [-0.39, 0.29) is 24.5 Å². The lowest BCUT2D eigenvalue weighted by Gasteiger charge is -2.12. The molecule has 1 aliphatic rings. The fourth-order valence-electron chi connectivity index (χ4n) is 1.92. The summed E-state index contributed by atoms with van der Waals surface area (Å²) in [4.78, 5) is 15.9. The first-order valence-electron chi connectivity index (χ1n) is 5.83. The summed E-state index contributed by atoms with van der Waals surface area (Å²) in [6.45, 7) is 0.111. The van der Waals surface area contributed by atoms with Gasteiger partial charge in [-0.25, -0.2) is 0 Å². The molecule has 0 bridgehead atoms. The zero-order valence-corrected chi connectivity index (χ0v) is 10.2. The van der Waals surface area contributed by atoms with Crippen molar-refractivity contribution < 1.29 is 14.6 Å². The number of aliphatic hydroxyl groups is 1. The predicted molar refractivity (Wildman–Crippen MR) is 66.4 cm³/mol. The molecule has 0 aliphatic heterocycles. The number of carbonyl (C=O) groups excluding carboxylic acids is 1. The van der Waals surface area contributed by atoms with Gasteiger partial charge >= 0.3 is 0 Å². The molecule has 0 saturated heterocycles. The van der Waals surface area contributed by atoms with Crippen LogP contribution in [0, 0.1) is 5.92 Å². The van der Waals surface area contributed by atoms with E-state index in [1.54, 1.807) is 19.2 Å². The Morgan fingerprint density at radius 3 is 3.11 bits per heavy atom. The Bertz CT molecular complexity index is 459. The van der Waals surface area contributed by atoms with Gasteiger partial charge in [-0.3, -0.25) is 9.78 Å². The minimum absolute atomic E-state index is 0.0392. The van der Waals surface area contributed by atoms with Gasteiger partial charge in [-0.1, -0.05) is 12.2 Å². The van der Waals surface area contributed by atoms with Gasteiger partial charge in [0.15, 0.2) is 0 Å². The topological polar surface area (TPSA) is 71.5 Å². The van der Waals surface area contributed by atoms with Gasteiger partial charge in [0.25, 0.3) is 5.91 Å². The molecule has 96 valence electrons. The number of aromatic nitrogens is 1. The van der Waals surface area contributed by atoms with Crippen LogP contribution in [-0.4, -0.2) is 35.8 Å². The summed E-state index contributed by atoms with van der Waals surface area (Å²) in [5.74, 6) is 0.501. The van der Waals surface area contributed by atoms with Crippen LogP contribution in [-0.2, 0) is 0 Å². The Kier molecular flexibility index (Phi) is 3.94. The number of nitrogens with zero attached hydrogens (tertiary/aromatic N) is 1. The summed E-state index contributed by atoms with van der Waals surface area (Å²) in [6.07, 6.45) is 6.09. The molecule has 0 aromatic carbocycles. The summed E-state index contributed by atoms with van der Waals surface area (Å²) in [6, 6.07) is 3.24. The number of pyridine rings is 1. The Morgan fingerprint density at radius 2 is 2.44 bits per heavy atom. The van der Waals surface area contributed by atoms with Gasteiger partial charge in [-0.05, 0) is 12.5 Å². The smallest absolute Gasteiger partial charge is 0.270 e. The molecular weight excluding hydrogens is 232 g/mol. The van der Waals surface area contributed by atoms with Gasteiger partial charge in [-0.15, -0.1) is 0 Å². The first-order valence-corrected chi connectivity index (χ1v) is 5.83. The van der Waals surface area contributed by atoms with Gasteiger partial charge in [0, 0.05) is 30.8 Å². The number of hydrogen-bond acceptors (Lipinski definition) is 4. The molecule has 5 nitrogen and oxygen atoms in total. The van der Waals surface area contributed by atoms with Gasteiger partial charge < -0.3 is 15.2 Å². The quantitative estimate of drug-likeness (QED) is 0.772. The minimum atomic E-state index is -0.234.